The van der Waals surface area contributed by atoms with Gasteiger partial charge in [0.25, 0.3) is 5.91 Å². The Morgan fingerprint density at radius 3 is 2.79 bits per heavy atom. The Kier molecular flexibility index (Phi) is 2.56. The quantitative estimate of drug-likeness (QED) is 0.755. The van der Waals surface area contributed by atoms with E-state index in [0.717, 1.165) is 10.9 Å². The van der Waals surface area contributed by atoms with E-state index >= 15 is 0 Å². The van der Waals surface area contributed by atoms with Crippen LogP contribution in [0.2, 0.25) is 0 Å². The fraction of sp³-hybridized carbons (Fsp3) is 0.154. The van der Waals surface area contributed by atoms with Crippen LogP contribution in [0.25, 0.3) is 10.9 Å². The summed E-state index contributed by atoms with van der Waals surface area (Å²) in [6.45, 7) is 0. The SMILES string of the molecule is Cn1cc(NC(=O)c2nn(C)c3ccccc23)cn1. The third-order valence-corrected chi connectivity index (χ3v) is 2.94. The van der Waals surface area contributed by atoms with Gasteiger partial charge in [-0.15, -0.1) is 0 Å². The first kappa shape index (κ1) is 11.5. The molecule has 0 aliphatic carbocycles. The lowest BCUT2D eigenvalue weighted by Crippen LogP contribution is -2.12. The molecule has 1 aromatic carbocycles. The molecule has 0 aliphatic heterocycles. The summed E-state index contributed by atoms with van der Waals surface area (Å²) in [4.78, 5) is 12.2. The molecular formula is C13H13N5O. The van der Waals surface area contributed by atoms with Crippen molar-refractivity contribution in [3.63, 3.8) is 0 Å². The molecule has 0 saturated carbocycles. The van der Waals surface area contributed by atoms with E-state index < -0.39 is 0 Å². The van der Waals surface area contributed by atoms with Gasteiger partial charge in [0.2, 0.25) is 0 Å². The molecule has 0 atom stereocenters. The molecule has 0 saturated heterocycles. The van der Waals surface area contributed by atoms with Crippen LogP contribution in [0, 0.1) is 0 Å². The van der Waals surface area contributed by atoms with E-state index in [-0.39, 0.29) is 5.91 Å². The highest BCUT2D eigenvalue weighted by Crippen LogP contribution is 2.18. The monoisotopic (exact) mass is 255 g/mol. The van der Waals surface area contributed by atoms with Crippen LogP contribution >= 0.6 is 0 Å². The summed E-state index contributed by atoms with van der Waals surface area (Å²) < 4.78 is 3.33. The topological polar surface area (TPSA) is 64.7 Å². The van der Waals surface area contributed by atoms with E-state index in [9.17, 15) is 4.79 Å². The van der Waals surface area contributed by atoms with Crippen molar-refractivity contribution in [3.05, 3.63) is 42.4 Å². The molecule has 2 heterocycles. The van der Waals surface area contributed by atoms with Gasteiger partial charge in [-0.3, -0.25) is 14.2 Å². The van der Waals surface area contributed by atoms with Crippen molar-refractivity contribution in [1.29, 1.82) is 0 Å². The van der Waals surface area contributed by atoms with Crippen LogP contribution in [-0.2, 0) is 14.1 Å². The van der Waals surface area contributed by atoms with Gasteiger partial charge >= 0.3 is 0 Å². The van der Waals surface area contributed by atoms with Crippen molar-refractivity contribution < 1.29 is 4.79 Å². The molecule has 0 radical (unpaired) electrons. The van der Waals surface area contributed by atoms with Crippen LogP contribution in [0.3, 0.4) is 0 Å². The number of carbonyl (C=O) groups excluding carboxylic acids is 1. The summed E-state index contributed by atoms with van der Waals surface area (Å²) in [6.07, 6.45) is 3.34. The van der Waals surface area contributed by atoms with Crippen molar-refractivity contribution in [1.82, 2.24) is 19.6 Å². The highest BCUT2D eigenvalue weighted by atomic mass is 16.2. The lowest BCUT2D eigenvalue weighted by molar-refractivity contribution is 0.102. The number of para-hydroxylation sites is 1. The van der Waals surface area contributed by atoms with Gasteiger partial charge < -0.3 is 5.32 Å². The molecular weight excluding hydrogens is 242 g/mol. The molecule has 3 aromatic rings. The molecule has 0 bridgehead atoms. The Morgan fingerprint density at radius 2 is 2.05 bits per heavy atom. The van der Waals surface area contributed by atoms with Crippen LogP contribution in [0.15, 0.2) is 36.7 Å². The lowest BCUT2D eigenvalue weighted by Gasteiger charge is -1.99. The average Bonchev–Trinajstić information content (AvgIpc) is 2.95. The van der Waals surface area contributed by atoms with Crippen molar-refractivity contribution in [2.24, 2.45) is 14.1 Å². The molecule has 0 unspecified atom stereocenters. The van der Waals surface area contributed by atoms with Gasteiger partial charge in [0.15, 0.2) is 5.69 Å². The third-order valence-electron chi connectivity index (χ3n) is 2.94. The minimum absolute atomic E-state index is 0.232. The maximum atomic E-state index is 12.2. The van der Waals surface area contributed by atoms with E-state index in [2.05, 4.69) is 15.5 Å². The van der Waals surface area contributed by atoms with Gasteiger partial charge in [-0.25, -0.2) is 0 Å². The Hall–Kier alpha value is -2.63. The van der Waals surface area contributed by atoms with Gasteiger partial charge in [-0.1, -0.05) is 18.2 Å². The van der Waals surface area contributed by atoms with Crippen LogP contribution in [-0.4, -0.2) is 25.5 Å². The van der Waals surface area contributed by atoms with Gasteiger partial charge in [-0.05, 0) is 6.07 Å². The highest BCUT2D eigenvalue weighted by molar-refractivity contribution is 6.11. The Morgan fingerprint density at radius 1 is 1.26 bits per heavy atom. The zero-order valence-corrected chi connectivity index (χ0v) is 10.7. The Bertz CT molecular complexity index is 755. The Balaban J connectivity index is 1.98. The smallest absolute Gasteiger partial charge is 0.276 e. The molecule has 19 heavy (non-hydrogen) atoms. The summed E-state index contributed by atoms with van der Waals surface area (Å²) >= 11 is 0. The molecule has 2 aromatic heterocycles. The van der Waals surface area contributed by atoms with Gasteiger partial charge in [-0.2, -0.15) is 10.2 Å². The minimum atomic E-state index is -0.232. The van der Waals surface area contributed by atoms with Gasteiger partial charge in [0, 0.05) is 25.7 Å². The molecule has 96 valence electrons. The first-order valence-corrected chi connectivity index (χ1v) is 5.87. The van der Waals surface area contributed by atoms with E-state index in [0.29, 0.717) is 11.4 Å². The number of rotatable bonds is 2. The normalized spacial score (nSPS) is 10.8. The fourth-order valence-corrected chi connectivity index (χ4v) is 2.06. The molecule has 3 rings (SSSR count). The van der Waals surface area contributed by atoms with Crippen molar-refractivity contribution in [3.8, 4) is 0 Å². The molecule has 0 spiro atoms. The van der Waals surface area contributed by atoms with E-state index in [1.807, 2.05) is 31.3 Å². The number of aryl methyl sites for hydroxylation is 2. The third kappa shape index (κ3) is 1.97. The molecule has 6 nitrogen and oxygen atoms in total. The predicted molar refractivity (Wildman–Crippen MR) is 71.9 cm³/mol. The number of benzene rings is 1. The second-order valence-electron chi connectivity index (χ2n) is 4.35. The summed E-state index contributed by atoms with van der Waals surface area (Å²) in [5, 5.41) is 11.9. The van der Waals surface area contributed by atoms with Crippen LogP contribution in [0.5, 0.6) is 0 Å². The standard InChI is InChI=1S/C13H13N5O/c1-17-8-9(7-14-17)15-13(19)12-10-5-3-4-6-11(10)18(2)16-12/h3-8H,1-2H3,(H,15,19). The number of nitrogens with one attached hydrogen (secondary N) is 1. The predicted octanol–water partition coefficient (Wildman–Crippen LogP) is 1.56. The maximum Gasteiger partial charge on any atom is 0.276 e. The van der Waals surface area contributed by atoms with Gasteiger partial charge in [0.05, 0.1) is 17.4 Å². The molecule has 0 fully saturated rings. The van der Waals surface area contributed by atoms with E-state index in [4.69, 9.17) is 0 Å². The van der Waals surface area contributed by atoms with Crippen LogP contribution in [0.1, 0.15) is 10.5 Å². The summed E-state index contributed by atoms with van der Waals surface area (Å²) in [7, 11) is 3.62. The number of anilines is 1. The molecule has 6 heteroatoms. The lowest BCUT2D eigenvalue weighted by atomic mass is 10.2. The zero-order chi connectivity index (χ0) is 13.4. The number of carbonyl (C=O) groups is 1. The summed E-state index contributed by atoms with van der Waals surface area (Å²) in [6, 6.07) is 7.64. The molecule has 1 N–H and O–H groups in total. The number of hydrogen-bond donors (Lipinski definition) is 1. The second kappa shape index (κ2) is 4.24. The summed E-state index contributed by atoms with van der Waals surface area (Å²) in [5.74, 6) is -0.232. The minimum Gasteiger partial charge on any atom is -0.318 e. The first-order chi connectivity index (χ1) is 9.15. The Labute approximate surface area is 109 Å². The van der Waals surface area contributed by atoms with Crippen molar-refractivity contribution in [2.45, 2.75) is 0 Å². The zero-order valence-electron chi connectivity index (χ0n) is 10.7. The summed E-state index contributed by atoms with van der Waals surface area (Å²) in [5.41, 5.74) is 2.00. The number of hydrogen-bond acceptors (Lipinski definition) is 3. The first-order valence-electron chi connectivity index (χ1n) is 5.87. The average molecular weight is 255 g/mol. The fourth-order valence-electron chi connectivity index (χ4n) is 2.06. The van der Waals surface area contributed by atoms with E-state index in [1.54, 1.807) is 28.8 Å². The number of aromatic nitrogens is 4. The second-order valence-corrected chi connectivity index (χ2v) is 4.35. The van der Waals surface area contributed by atoms with Crippen LogP contribution < -0.4 is 5.32 Å². The van der Waals surface area contributed by atoms with Gasteiger partial charge in [0.1, 0.15) is 0 Å². The van der Waals surface area contributed by atoms with Crippen LogP contribution in [0.4, 0.5) is 5.69 Å². The largest absolute Gasteiger partial charge is 0.318 e. The van der Waals surface area contributed by atoms with Crippen molar-refractivity contribution >= 4 is 22.5 Å². The number of nitrogens with zero attached hydrogens (tertiary/aromatic N) is 4. The van der Waals surface area contributed by atoms with Crippen molar-refractivity contribution in [2.75, 3.05) is 5.32 Å². The highest BCUT2D eigenvalue weighted by Gasteiger charge is 2.16. The number of fused-ring (bicyclic) bond motifs is 1. The number of amides is 1. The maximum absolute atomic E-state index is 12.2. The molecule has 0 aliphatic rings. The van der Waals surface area contributed by atoms with E-state index in [1.165, 1.54) is 0 Å². The molecule has 1 amide bonds.